The summed E-state index contributed by atoms with van der Waals surface area (Å²) in [7, 11) is -3.92. The Kier molecular flexibility index (Phi) is 4.28. The van der Waals surface area contributed by atoms with Gasteiger partial charge in [0.15, 0.2) is 0 Å². The van der Waals surface area contributed by atoms with Crippen LogP contribution in [-0.2, 0) is 15.0 Å². The van der Waals surface area contributed by atoms with Crippen molar-refractivity contribution in [3.63, 3.8) is 0 Å². The van der Waals surface area contributed by atoms with E-state index >= 15 is 0 Å². The van der Waals surface area contributed by atoms with Crippen LogP contribution in [-0.4, -0.2) is 36.4 Å². The predicted octanol–water partition coefficient (Wildman–Crippen LogP) is 0.155. The van der Waals surface area contributed by atoms with Crippen molar-refractivity contribution in [2.24, 2.45) is 11.1 Å². The monoisotopic (exact) mass is 250 g/mol. The minimum absolute atomic E-state index is 0.130. The summed E-state index contributed by atoms with van der Waals surface area (Å²) >= 11 is 0. The maximum absolute atomic E-state index is 11.3. The number of carboxylic acid groups (broad SMARTS) is 1. The zero-order valence-corrected chi connectivity index (χ0v) is 10.1. The molecule has 3 N–H and O–H groups in total. The Morgan fingerprint density at radius 1 is 1.56 bits per heavy atom. The van der Waals surface area contributed by atoms with Gasteiger partial charge in [-0.1, -0.05) is 13.3 Å². The smallest absolute Gasteiger partial charge is 0.322 e. The second-order valence-corrected chi connectivity index (χ2v) is 5.63. The van der Waals surface area contributed by atoms with Crippen LogP contribution in [0, 0.1) is 5.92 Å². The van der Waals surface area contributed by atoms with Crippen LogP contribution in [0.5, 0.6) is 0 Å². The summed E-state index contributed by atoms with van der Waals surface area (Å²) in [5.74, 6) is -1.23. The van der Waals surface area contributed by atoms with Crippen LogP contribution in [0.1, 0.15) is 32.6 Å². The van der Waals surface area contributed by atoms with Crippen LogP contribution in [0.15, 0.2) is 0 Å². The standard InChI is InChI=1S/C9H18N2O4S/c1-2-4-7-5-3-6-11(16(10,14)15)8(7)9(12)13/h7-8H,2-6H2,1H3,(H,12,13)(H2,10,14,15). The first-order chi connectivity index (χ1) is 7.38. The minimum atomic E-state index is -3.92. The zero-order valence-electron chi connectivity index (χ0n) is 9.30. The predicted molar refractivity (Wildman–Crippen MR) is 58.9 cm³/mol. The van der Waals surface area contributed by atoms with E-state index in [4.69, 9.17) is 10.2 Å². The zero-order chi connectivity index (χ0) is 12.3. The van der Waals surface area contributed by atoms with Crippen molar-refractivity contribution in [2.45, 2.75) is 38.6 Å². The maximum Gasteiger partial charge on any atom is 0.322 e. The van der Waals surface area contributed by atoms with Gasteiger partial charge in [0.05, 0.1) is 0 Å². The molecule has 1 saturated heterocycles. The SMILES string of the molecule is CCCC1CCCN(S(N)(=O)=O)C1C(=O)O. The first-order valence-corrected chi connectivity index (χ1v) is 6.90. The fraction of sp³-hybridized carbons (Fsp3) is 0.889. The van der Waals surface area contributed by atoms with Gasteiger partial charge in [0, 0.05) is 6.54 Å². The number of carbonyl (C=O) groups is 1. The number of rotatable bonds is 4. The molecule has 0 aromatic heterocycles. The largest absolute Gasteiger partial charge is 0.480 e. The van der Waals surface area contributed by atoms with Gasteiger partial charge in [-0.15, -0.1) is 0 Å². The van der Waals surface area contributed by atoms with Crippen molar-refractivity contribution >= 4 is 16.2 Å². The highest BCUT2D eigenvalue weighted by molar-refractivity contribution is 7.86. The van der Waals surface area contributed by atoms with Gasteiger partial charge in [-0.2, -0.15) is 12.7 Å². The van der Waals surface area contributed by atoms with Gasteiger partial charge in [0.25, 0.3) is 10.2 Å². The summed E-state index contributed by atoms with van der Waals surface area (Å²) in [6.07, 6.45) is 2.97. The number of carboxylic acids is 1. The third-order valence-electron chi connectivity index (χ3n) is 2.95. The lowest BCUT2D eigenvalue weighted by atomic mass is 9.87. The summed E-state index contributed by atoms with van der Waals surface area (Å²) in [6.45, 7) is 2.16. The normalized spacial score (nSPS) is 27.9. The second kappa shape index (κ2) is 5.11. The molecule has 94 valence electrons. The van der Waals surface area contributed by atoms with E-state index in [1.165, 1.54) is 0 Å². The fourth-order valence-electron chi connectivity index (χ4n) is 2.32. The van der Waals surface area contributed by atoms with E-state index in [9.17, 15) is 13.2 Å². The summed E-state index contributed by atoms with van der Waals surface area (Å²) in [4.78, 5) is 11.1. The van der Waals surface area contributed by atoms with Crippen molar-refractivity contribution in [3.8, 4) is 0 Å². The molecule has 1 fully saturated rings. The van der Waals surface area contributed by atoms with Crippen molar-refractivity contribution in [2.75, 3.05) is 6.54 Å². The van der Waals surface area contributed by atoms with Gasteiger partial charge in [-0.05, 0) is 25.2 Å². The highest BCUT2D eigenvalue weighted by Gasteiger charge is 2.40. The third kappa shape index (κ3) is 2.93. The summed E-state index contributed by atoms with van der Waals surface area (Å²) < 4.78 is 23.5. The fourth-order valence-corrected chi connectivity index (χ4v) is 3.29. The van der Waals surface area contributed by atoms with Crippen molar-refractivity contribution in [1.29, 1.82) is 0 Å². The Hall–Kier alpha value is -0.660. The molecule has 1 rings (SSSR count). The molecule has 1 aliphatic rings. The van der Waals surface area contributed by atoms with E-state index in [2.05, 4.69) is 0 Å². The molecular weight excluding hydrogens is 232 g/mol. The summed E-state index contributed by atoms with van der Waals surface area (Å²) in [5.41, 5.74) is 0. The lowest BCUT2D eigenvalue weighted by Gasteiger charge is -2.36. The number of aliphatic carboxylic acids is 1. The molecule has 0 amide bonds. The Labute approximate surface area is 95.6 Å². The maximum atomic E-state index is 11.3. The first-order valence-electron chi connectivity index (χ1n) is 5.40. The molecule has 1 heterocycles. The Morgan fingerprint density at radius 2 is 2.19 bits per heavy atom. The molecule has 16 heavy (non-hydrogen) atoms. The van der Waals surface area contributed by atoms with Crippen molar-refractivity contribution < 1.29 is 18.3 Å². The highest BCUT2D eigenvalue weighted by atomic mass is 32.2. The average Bonchev–Trinajstić information content (AvgIpc) is 2.16. The van der Waals surface area contributed by atoms with E-state index in [0.717, 1.165) is 17.1 Å². The lowest BCUT2D eigenvalue weighted by Crippen LogP contribution is -2.54. The van der Waals surface area contributed by atoms with Crippen LogP contribution >= 0.6 is 0 Å². The lowest BCUT2D eigenvalue weighted by molar-refractivity contribution is -0.144. The topological polar surface area (TPSA) is 101 Å². The molecule has 0 radical (unpaired) electrons. The van der Waals surface area contributed by atoms with E-state index in [-0.39, 0.29) is 12.5 Å². The molecule has 6 nitrogen and oxygen atoms in total. The number of hydrogen-bond acceptors (Lipinski definition) is 3. The van der Waals surface area contributed by atoms with Gasteiger partial charge in [-0.25, -0.2) is 5.14 Å². The first kappa shape index (κ1) is 13.4. The highest BCUT2D eigenvalue weighted by Crippen LogP contribution is 2.28. The Bertz CT molecular complexity index is 353. The van der Waals surface area contributed by atoms with E-state index in [1.807, 2.05) is 6.92 Å². The number of hydrogen-bond donors (Lipinski definition) is 2. The minimum Gasteiger partial charge on any atom is -0.480 e. The van der Waals surface area contributed by atoms with Gasteiger partial charge in [0.1, 0.15) is 6.04 Å². The van der Waals surface area contributed by atoms with Crippen LogP contribution in [0.4, 0.5) is 0 Å². The molecule has 0 bridgehead atoms. The van der Waals surface area contributed by atoms with E-state index < -0.39 is 22.2 Å². The van der Waals surface area contributed by atoms with Crippen molar-refractivity contribution in [1.82, 2.24) is 4.31 Å². The molecule has 2 atom stereocenters. The third-order valence-corrected chi connectivity index (χ3v) is 4.01. The molecule has 7 heteroatoms. The quantitative estimate of drug-likeness (QED) is 0.741. The summed E-state index contributed by atoms with van der Waals surface area (Å²) in [6, 6.07) is -0.997. The second-order valence-electron chi connectivity index (χ2n) is 4.13. The molecule has 0 aliphatic carbocycles. The van der Waals surface area contributed by atoms with Gasteiger partial charge < -0.3 is 5.11 Å². The molecule has 0 aromatic carbocycles. The molecular formula is C9H18N2O4S. The number of piperidine rings is 1. The Balaban J connectivity index is 2.95. The van der Waals surface area contributed by atoms with E-state index in [1.54, 1.807) is 0 Å². The average molecular weight is 250 g/mol. The van der Waals surface area contributed by atoms with Gasteiger partial charge >= 0.3 is 5.97 Å². The van der Waals surface area contributed by atoms with Gasteiger partial charge in [0.2, 0.25) is 0 Å². The molecule has 0 aromatic rings. The number of nitrogens with two attached hydrogens (primary N) is 1. The number of nitrogens with zero attached hydrogens (tertiary/aromatic N) is 1. The summed E-state index contributed by atoms with van der Waals surface area (Å²) in [5, 5.41) is 14.1. The van der Waals surface area contributed by atoms with Crippen LogP contribution < -0.4 is 5.14 Å². The Morgan fingerprint density at radius 3 is 2.62 bits per heavy atom. The molecule has 0 saturated carbocycles. The van der Waals surface area contributed by atoms with Crippen LogP contribution in [0.3, 0.4) is 0 Å². The van der Waals surface area contributed by atoms with E-state index in [0.29, 0.717) is 12.8 Å². The van der Waals surface area contributed by atoms with Crippen LogP contribution in [0.2, 0.25) is 0 Å². The van der Waals surface area contributed by atoms with Crippen molar-refractivity contribution in [3.05, 3.63) is 0 Å². The molecule has 2 unspecified atom stereocenters. The van der Waals surface area contributed by atoms with Gasteiger partial charge in [-0.3, -0.25) is 4.79 Å². The molecule has 1 aliphatic heterocycles. The van der Waals surface area contributed by atoms with Crippen LogP contribution in [0.25, 0.3) is 0 Å². The molecule has 0 spiro atoms.